The Kier molecular flexibility index (Phi) is 5.60. The van der Waals surface area contributed by atoms with Crippen LogP contribution < -0.4 is 10.6 Å². The summed E-state index contributed by atoms with van der Waals surface area (Å²) in [5.41, 5.74) is 0. The summed E-state index contributed by atoms with van der Waals surface area (Å²) in [6.07, 6.45) is 4.73. The molecule has 2 atom stereocenters. The lowest BCUT2D eigenvalue weighted by Gasteiger charge is -2.30. The molecule has 1 heterocycles. The van der Waals surface area contributed by atoms with Crippen molar-refractivity contribution in [3.8, 4) is 0 Å². The topological polar surface area (TPSA) is 53.6 Å². The van der Waals surface area contributed by atoms with Crippen molar-refractivity contribution in [1.82, 2.24) is 15.5 Å². The third-order valence-electron chi connectivity index (χ3n) is 4.05. The fraction of sp³-hybridized carbons (Fsp3) is 0.929. The van der Waals surface area contributed by atoms with Gasteiger partial charge in [0.25, 0.3) is 0 Å². The van der Waals surface area contributed by atoms with Crippen molar-refractivity contribution < 1.29 is 9.53 Å². The number of nitrogens with one attached hydrogen (secondary N) is 2. The van der Waals surface area contributed by atoms with Gasteiger partial charge in [0.1, 0.15) is 0 Å². The number of hydrogen-bond acceptors (Lipinski definition) is 4. The summed E-state index contributed by atoms with van der Waals surface area (Å²) in [5.74, 6) is 0.164. The molecule has 1 amide bonds. The third kappa shape index (κ3) is 4.75. The summed E-state index contributed by atoms with van der Waals surface area (Å²) >= 11 is 0. The average Bonchev–Trinajstić information content (AvgIpc) is 3.07. The molecule has 1 saturated heterocycles. The maximum absolute atomic E-state index is 12.2. The van der Waals surface area contributed by atoms with Crippen LogP contribution in [-0.4, -0.2) is 62.3 Å². The van der Waals surface area contributed by atoms with Gasteiger partial charge in [0, 0.05) is 32.3 Å². The average molecular weight is 269 g/mol. The van der Waals surface area contributed by atoms with E-state index < -0.39 is 0 Å². The van der Waals surface area contributed by atoms with E-state index in [1.807, 2.05) is 6.92 Å². The van der Waals surface area contributed by atoms with Gasteiger partial charge >= 0.3 is 0 Å². The minimum Gasteiger partial charge on any atom is -0.383 e. The second-order valence-corrected chi connectivity index (χ2v) is 5.74. The molecule has 110 valence electrons. The lowest BCUT2D eigenvalue weighted by Crippen LogP contribution is -2.50. The Hall–Kier alpha value is -0.650. The number of amides is 1. The van der Waals surface area contributed by atoms with Crippen LogP contribution in [0.1, 0.15) is 32.6 Å². The zero-order chi connectivity index (χ0) is 13.7. The fourth-order valence-corrected chi connectivity index (χ4v) is 2.56. The molecule has 0 aromatic carbocycles. The Morgan fingerprint density at radius 1 is 1.47 bits per heavy atom. The molecule has 1 aliphatic heterocycles. The van der Waals surface area contributed by atoms with Gasteiger partial charge in [-0.25, -0.2) is 0 Å². The smallest absolute Gasteiger partial charge is 0.237 e. The highest BCUT2D eigenvalue weighted by Gasteiger charge is 2.29. The Morgan fingerprint density at radius 3 is 2.84 bits per heavy atom. The van der Waals surface area contributed by atoms with Gasteiger partial charge in [-0.05, 0) is 39.2 Å². The minimum absolute atomic E-state index is 0.0712. The van der Waals surface area contributed by atoms with Crippen LogP contribution >= 0.6 is 0 Å². The van der Waals surface area contributed by atoms with E-state index in [4.69, 9.17) is 4.74 Å². The maximum Gasteiger partial charge on any atom is 0.237 e. The van der Waals surface area contributed by atoms with Crippen LogP contribution in [0.15, 0.2) is 0 Å². The van der Waals surface area contributed by atoms with Crippen LogP contribution in [0.25, 0.3) is 0 Å². The standard InChI is InChI=1S/C14H27N3O2/c1-11(14(18)16-12-5-6-12)17(8-9-19-2)10-13-4-3-7-15-13/h11-13,15H,3-10H2,1-2H3,(H,16,18). The molecule has 0 spiro atoms. The number of carbonyl (C=O) groups excluding carboxylic acids is 1. The SMILES string of the molecule is COCCN(CC1CCCN1)C(C)C(=O)NC1CC1. The normalized spacial score (nSPS) is 24.7. The Morgan fingerprint density at radius 2 is 2.26 bits per heavy atom. The van der Waals surface area contributed by atoms with E-state index in [1.165, 1.54) is 12.8 Å². The van der Waals surface area contributed by atoms with Crippen molar-refractivity contribution in [2.24, 2.45) is 0 Å². The molecule has 0 bridgehead atoms. The number of carbonyl (C=O) groups is 1. The molecule has 0 aromatic rings. The van der Waals surface area contributed by atoms with Crippen LogP contribution in [0.3, 0.4) is 0 Å². The summed E-state index contributed by atoms with van der Waals surface area (Å²) < 4.78 is 5.17. The predicted octanol–water partition coefficient (Wildman–Crippen LogP) is 0.354. The largest absolute Gasteiger partial charge is 0.383 e. The molecule has 2 fully saturated rings. The van der Waals surface area contributed by atoms with Gasteiger partial charge in [-0.3, -0.25) is 9.69 Å². The third-order valence-corrected chi connectivity index (χ3v) is 4.05. The summed E-state index contributed by atoms with van der Waals surface area (Å²) in [6.45, 7) is 5.53. The maximum atomic E-state index is 12.2. The number of rotatable bonds is 8. The van der Waals surface area contributed by atoms with Crippen LogP contribution in [0.2, 0.25) is 0 Å². The zero-order valence-electron chi connectivity index (χ0n) is 12.2. The highest BCUT2D eigenvalue weighted by Crippen LogP contribution is 2.19. The van der Waals surface area contributed by atoms with Crippen LogP contribution in [-0.2, 0) is 9.53 Å². The van der Waals surface area contributed by atoms with Crippen LogP contribution in [0, 0.1) is 0 Å². The molecule has 19 heavy (non-hydrogen) atoms. The Labute approximate surface area is 116 Å². The van der Waals surface area contributed by atoms with Crippen LogP contribution in [0.5, 0.6) is 0 Å². The lowest BCUT2D eigenvalue weighted by molar-refractivity contribution is -0.126. The van der Waals surface area contributed by atoms with Crippen molar-refractivity contribution in [3.05, 3.63) is 0 Å². The fourth-order valence-electron chi connectivity index (χ4n) is 2.56. The van der Waals surface area contributed by atoms with Crippen LogP contribution in [0.4, 0.5) is 0 Å². The monoisotopic (exact) mass is 269 g/mol. The van der Waals surface area contributed by atoms with Gasteiger partial charge in [0.15, 0.2) is 0 Å². The van der Waals surface area contributed by atoms with Crippen molar-refractivity contribution in [2.75, 3.05) is 33.4 Å². The first-order valence-corrected chi connectivity index (χ1v) is 7.47. The molecule has 5 nitrogen and oxygen atoms in total. The van der Waals surface area contributed by atoms with E-state index >= 15 is 0 Å². The van der Waals surface area contributed by atoms with Gasteiger partial charge in [-0.1, -0.05) is 0 Å². The molecule has 0 radical (unpaired) electrons. The molecule has 5 heteroatoms. The predicted molar refractivity (Wildman–Crippen MR) is 75.1 cm³/mol. The van der Waals surface area contributed by atoms with Crippen molar-refractivity contribution in [3.63, 3.8) is 0 Å². The number of methoxy groups -OCH3 is 1. The zero-order valence-corrected chi connectivity index (χ0v) is 12.2. The van der Waals surface area contributed by atoms with E-state index in [0.717, 1.165) is 32.5 Å². The first kappa shape index (κ1) is 14.8. The van der Waals surface area contributed by atoms with Gasteiger partial charge in [-0.15, -0.1) is 0 Å². The quantitative estimate of drug-likeness (QED) is 0.668. The van der Waals surface area contributed by atoms with Crippen molar-refractivity contribution in [1.29, 1.82) is 0 Å². The summed E-state index contributed by atoms with van der Waals surface area (Å²) in [7, 11) is 1.71. The van der Waals surface area contributed by atoms with E-state index in [9.17, 15) is 4.79 Å². The minimum atomic E-state index is -0.0712. The van der Waals surface area contributed by atoms with Gasteiger partial charge in [0.05, 0.1) is 12.6 Å². The van der Waals surface area contributed by atoms with E-state index in [1.54, 1.807) is 7.11 Å². The Balaban J connectivity index is 1.83. The molecule has 2 N–H and O–H groups in total. The molecule has 2 aliphatic rings. The Bertz CT molecular complexity index is 288. The summed E-state index contributed by atoms with van der Waals surface area (Å²) in [4.78, 5) is 14.4. The van der Waals surface area contributed by atoms with Gasteiger partial charge in [0.2, 0.25) is 5.91 Å². The summed E-state index contributed by atoms with van der Waals surface area (Å²) in [5, 5.41) is 6.59. The molecular weight excluding hydrogens is 242 g/mol. The molecule has 0 aromatic heterocycles. The second kappa shape index (κ2) is 7.22. The molecule has 2 rings (SSSR count). The first-order valence-electron chi connectivity index (χ1n) is 7.47. The highest BCUT2D eigenvalue weighted by atomic mass is 16.5. The van der Waals surface area contributed by atoms with Crippen molar-refractivity contribution in [2.45, 2.75) is 50.7 Å². The molecule has 2 unspecified atom stereocenters. The number of nitrogens with zero attached hydrogens (tertiary/aromatic N) is 1. The molecule has 1 saturated carbocycles. The summed E-state index contributed by atoms with van der Waals surface area (Å²) in [6, 6.07) is 0.884. The highest BCUT2D eigenvalue weighted by molar-refractivity contribution is 5.81. The first-order chi connectivity index (χ1) is 9.20. The van der Waals surface area contributed by atoms with E-state index in [2.05, 4.69) is 15.5 Å². The van der Waals surface area contributed by atoms with Gasteiger partial charge in [-0.2, -0.15) is 0 Å². The molecule has 1 aliphatic carbocycles. The van der Waals surface area contributed by atoms with E-state index in [0.29, 0.717) is 18.7 Å². The molecular formula is C14H27N3O2. The van der Waals surface area contributed by atoms with Gasteiger partial charge < -0.3 is 15.4 Å². The van der Waals surface area contributed by atoms with Crippen molar-refractivity contribution >= 4 is 5.91 Å². The number of hydrogen-bond donors (Lipinski definition) is 2. The second-order valence-electron chi connectivity index (χ2n) is 5.74. The number of ether oxygens (including phenoxy) is 1. The lowest BCUT2D eigenvalue weighted by atomic mass is 10.1. The van der Waals surface area contributed by atoms with E-state index in [-0.39, 0.29) is 11.9 Å².